The van der Waals surface area contributed by atoms with E-state index < -0.39 is 12.5 Å². The van der Waals surface area contributed by atoms with Gasteiger partial charge in [-0.25, -0.2) is 13.8 Å². The van der Waals surface area contributed by atoms with Crippen LogP contribution in [-0.2, 0) is 0 Å². The van der Waals surface area contributed by atoms with Gasteiger partial charge < -0.3 is 5.11 Å². The lowest BCUT2D eigenvalue weighted by Gasteiger charge is -2.04. The predicted octanol–water partition coefficient (Wildman–Crippen LogP) is 2.57. The molecule has 0 aliphatic heterocycles. The van der Waals surface area contributed by atoms with Crippen LogP contribution in [0, 0.1) is 0 Å². The minimum Gasteiger partial charge on any atom is -0.381 e. The Hall–Kier alpha value is -0.550. The highest BCUT2D eigenvalue weighted by molar-refractivity contribution is 7.09. The molecule has 1 unspecified atom stereocenters. The van der Waals surface area contributed by atoms with Crippen LogP contribution in [0.15, 0.2) is 5.38 Å². The Kier molecular flexibility index (Phi) is 3.33. The van der Waals surface area contributed by atoms with Crippen LogP contribution < -0.4 is 0 Å². The van der Waals surface area contributed by atoms with Gasteiger partial charge >= 0.3 is 0 Å². The van der Waals surface area contributed by atoms with E-state index in [9.17, 15) is 8.78 Å². The lowest BCUT2D eigenvalue weighted by molar-refractivity contribution is -0.00795. The summed E-state index contributed by atoms with van der Waals surface area (Å²) in [6.07, 6.45) is -4.51. The fraction of sp³-hybridized carbons (Fsp3) is 0.625. The monoisotopic (exact) mass is 207 g/mol. The number of thiazole rings is 1. The lowest BCUT2D eigenvalue weighted by atomic mass is 10.2. The summed E-state index contributed by atoms with van der Waals surface area (Å²) < 4.78 is 24.1. The van der Waals surface area contributed by atoms with E-state index in [0.717, 1.165) is 5.01 Å². The largest absolute Gasteiger partial charge is 0.381 e. The normalized spacial score (nSPS) is 14.1. The molecule has 13 heavy (non-hydrogen) atoms. The van der Waals surface area contributed by atoms with E-state index in [4.69, 9.17) is 5.11 Å². The molecule has 1 N–H and O–H groups in total. The first-order chi connectivity index (χ1) is 6.02. The van der Waals surface area contributed by atoms with Crippen molar-refractivity contribution in [1.82, 2.24) is 4.98 Å². The zero-order chi connectivity index (χ0) is 10.0. The van der Waals surface area contributed by atoms with Crippen LogP contribution in [-0.4, -0.2) is 16.5 Å². The Morgan fingerprint density at radius 3 is 2.46 bits per heavy atom. The molecule has 0 saturated carbocycles. The van der Waals surface area contributed by atoms with Crippen molar-refractivity contribution in [2.75, 3.05) is 0 Å². The first-order valence-electron chi connectivity index (χ1n) is 3.94. The van der Waals surface area contributed by atoms with Crippen molar-refractivity contribution in [2.45, 2.75) is 32.3 Å². The zero-order valence-corrected chi connectivity index (χ0v) is 8.18. The van der Waals surface area contributed by atoms with Gasteiger partial charge in [0.05, 0.1) is 10.7 Å². The van der Waals surface area contributed by atoms with Crippen LogP contribution in [0.5, 0.6) is 0 Å². The van der Waals surface area contributed by atoms with Gasteiger partial charge in [-0.15, -0.1) is 11.3 Å². The summed E-state index contributed by atoms with van der Waals surface area (Å²) >= 11 is 1.30. The van der Waals surface area contributed by atoms with Crippen molar-refractivity contribution in [3.8, 4) is 0 Å². The van der Waals surface area contributed by atoms with E-state index in [1.807, 2.05) is 13.8 Å². The van der Waals surface area contributed by atoms with E-state index in [-0.39, 0.29) is 11.6 Å². The molecule has 1 aromatic rings. The van der Waals surface area contributed by atoms with Gasteiger partial charge in [-0.3, -0.25) is 0 Å². The van der Waals surface area contributed by atoms with Gasteiger partial charge in [0.1, 0.15) is 0 Å². The van der Waals surface area contributed by atoms with E-state index >= 15 is 0 Å². The lowest BCUT2D eigenvalue weighted by Crippen LogP contribution is -2.08. The molecule has 0 aromatic carbocycles. The summed E-state index contributed by atoms with van der Waals surface area (Å²) in [5.41, 5.74) is 0.0729. The molecule has 1 rings (SSSR count). The molecule has 0 aliphatic rings. The van der Waals surface area contributed by atoms with E-state index in [1.54, 1.807) is 0 Å². The molecule has 0 radical (unpaired) electrons. The molecule has 2 nitrogen and oxygen atoms in total. The second-order valence-corrected chi connectivity index (χ2v) is 3.93. The Labute approximate surface area is 79.2 Å². The minimum atomic E-state index is -2.76. The maximum atomic E-state index is 12.0. The highest BCUT2D eigenvalue weighted by Crippen LogP contribution is 2.25. The molecular weight excluding hydrogens is 196 g/mol. The van der Waals surface area contributed by atoms with Crippen LogP contribution in [0.4, 0.5) is 8.78 Å². The molecule has 1 heterocycles. The number of aliphatic hydroxyl groups excluding tert-OH is 1. The number of nitrogens with zero attached hydrogens (tertiary/aromatic N) is 1. The van der Waals surface area contributed by atoms with Crippen LogP contribution in [0.3, 0.4) is 0 Å². The van der Waals surface area contributed by atoms with Crippen molar-refractivity contribution in [1.29, 1.82) is 0 Å². The number of alkyl halides is 2. The minimum absolute atomic E-state index is 0.0729. The van der Waals surface area contributed by atoms with Crippen LogP contribution in [0.25, 0.3) is 0 Å². The maximum Gasteiger partial charge on any atom is 0.269 e. The molecule has 0 amide bonds. The molecular formula is C8H11F2NOS. The zero-order valence-electron chi connectivity index (χ0n) is 7.37. The third-order valence-electron chi connectivity index (χ3n) is 1.58. The van der Waals surface area contributed by atoms with Crippen molar-refractivity contribution >= 4 is 11.3 Å². The first-order valence-corrected chi connectivity index (χ1v) is 4.82. The first kappa shape index (κ1) is 10.5. The van der Waals surface area contributed by atoms with E-state index in [1.165, 1.54) is 16.7 Å². The average Bonchev–Trinajstić information content (AvgIpc) is 2.50. The number of hydrogen-bond acceptors (Lipinski definition) is 3. The van der Waals surface area contributed by atoms with Gasteiger partial charge in [-0.05, 0) is 0 Å². The SMILES string of the molecule is CC(C)c1nc(C(O)C(F)F)cs1. The van der Waals surface area contributed by atoms with Crippen molar-refractivity contribution in [3.05, 3.63) is 16.1 Å². The molecule has 0 aliphatic carbocycles. The van der Waals surface area contributed by atoms with Gasteiger partial charge in [0, 0.05) is 11.3 Å². The van der Waals surface area contributed by atoms with Gasteiger partial charge in [0.15, 0.2) is 6.10 Å². The number of halogens is 2. The molecule has 5 heteroatoms. The van der Waals surface area contributed by atoms with Gasteiger partial charge in [0.2, 0.25) is 0 Å². The van der Waals surface area contributed by atoms with Gasteiger partial charge in [-0.2, -0.15) is 0 Å². The Morgan fingerprint density at radius 1 is 1.46 bits per heavy atom. The van der Waals surface area contributed by atoms with Crippen LogP contribution in [0.2, 0.25) is 0 Å². The fourth-order valence-corrected chi connectivity index (χ4v) is 1.69. The molecule has 1 aromatic heterocycles. The quantitative estimate of drug-likeness (QED) is 0.826. The predicted molar refractivity (Wildman–Crippen MR) is 47.2 cm³/mol. The van der Waals surface area contributed by atoms with Crippen molar-refractivity contribution in [2.24, 2.45) is 0 Å². The Morgan fingerprint density at radius 2 is 2.08 bits per heavy atom. The summed E-state index contributed by atoms with van der Waals surface area (Å²) in [6.45, 7) is 3.86. The standard InChI is InChI=1S/C8H11F2NOS/c1-4(2)8-11-5(3-13-8)6(12)7(9)10/h3-4,6-7,12H,1-2H3. The molecule has 0 bridgehead atoms. The smallest absolute Gasteiger partial charge is 0.269 e. The highest BCUT2D eigenvalue weighted by Gasteiger charge is 2.22. The Balaban J connectivity index is 2.79. The van der Waals surface area contributed by atoms with Gasteiger partial charge in [-0.1, -0.05) is 13.8 Å². The fourth-order valence-electron chi connectivity index (χ4n) is 0.831. The Bertz CT molecular complexity index is 275. The molecule has 0 fully saturated rings. The molecule has 74 valence electrons. The topological polar surface area (TPSA) is 33.1 Å². The average molecular weight is 207 g/mol. The summed E-state index contributed by atoms with van der Waals surface area (Å²) in [5.74, 6) is 0.212. The van der Waals surface area contributed by atoms with Gasteiger partial charge in [0.25, 0.3) is 6.43 Å². The number of rotatable bonds is 3. The van der Waals surface area contributed by atoms with Crippen LogP contribution >= 0.6 is 11.3 Å². The van der Waals surface area contributed by atoms with Crippen LogP contribution in [0.1, 0.15) is 36.6 Å². The summed E-state index contributed by atoms with van der Waals surface area (Å²) in [6, 6.07) is 0. The maximum absolute atomic E-state index is 12.0. The third kappa shape index (κ3) is 2.45. The second-order valence-electron chi connectivity index (χ2n) is 3.04. The van der Waals surface area contributed by atoms with E-state index in [2.05, 4.69) is 4.98 Å². The second kappa shape index (κ2) is 4.11. The summed E-state index contributed by atoms with van der Waals surface area (Å²) in [4.78, 5) is 3.92. The van der Waals surface area contributed by atoms with Crippen molar-refractivity contribution in [3.63, 3.8) is 0 Å². The molecule has 1 atom stereocenters. The number of aromatic nitrogens is 1. The molecule has 0 saturated heterocycles. The third-order valence-corrected chi connectivity index (χ3v) is 2.74. The summed E-state index contributed by atoms with van der Waals surface area (Å²) in [5, 5.41) is 11.2. The molecule has 0 spiro atoms. The van der Waals surface area contributed by atoms with Crippen molar-refractivity contribution < 1.29 is 13.9 Å². The highest BCUT2D eigenvalue weighted by atomic mass is 32.1. The number of aliphatic hydroxyl groups is 1. The van der Waals surface area contributed by atoms with E-state index in [0.29, 0.717) is 0 Å². The number of hydrogen-bond donors (Lipinski definition) is 1. The summed E-state index contributed by atoms with van der Waals surface area (Å²) in [7, 11) is 0.